The minimum Gasteiger partial charge on any atom is -0.350 e. The van der Waals surface area contributed by atoms with Crippen LogP contribution in [0.2, 0.25) is 0 Å². The van der Waals surface area contributed by atoms with Gasteiger partial charge in [-0.2, -0.15) is 0 Å². The van der Waals surface area contributed by atoms with Gasteiger partial charge in [-0.3, -0.25) is 14.7 Å². The third-order valence-corrected chi connectivity index (χ3v) is 9.11. The molecule has 3 heterocycles. The molecule has 3 amide bonds. The van der Waals surface area contributed by atoms with Crippen LogP contribution in [0.5, 0.6) is 0 Å². The first-order valence-corrected chi connectivity index (χ1v) is 13.7. The van der Waals surface area contributed by atoms with Crippen LogP contribution in [0.3, 0.4) is 0 Å². The summed E-state index contributed by atoms with van der Waals surface area (Å²) in [4.78, 5) is 23.4. The van der Waals surface area contributed by atoms with E-state index in [1.54, 1.807) is 4.67 Å². The number of urea groups is 1. The standard InChI is InChI=1S/C20H35ClN5O5P/c1-15(2)19(27)24-20(28)23-18-13-22-12-17(31-18)14-30-32(21,29)25-8-6-16(7-9-25)26(3)10-4-5-11-26/h16-18,22H,1,4-14H2,2-3H3,(H-,23,24,27,28)/p+1. The van der Waals surface area contributed by atoms with Crippen molar-refractivity contribution in [2.24, 2.45) is 0 Å². The van der Waals surface area contributed by atoms with Crippen LogP contribution in [0.1, 0.15) is 32.6 Å². The zero-order valence-electron chi connectivity index (χ0n) is 19.0. The van der Waals surface area contributed by atoms with E-state index in [0.29, 0.717) is 32.2 Å². The van der Waals surface area contributed by atoms with E-state index >= 15 is 0 Å². The van der Waals surface area contributed by atoms with E-state index in [1.165, 1.54) is 32.9 Å². The minimum atomic E-state index is -3.46. The Labute approximate surface area is 194 Å². The highest BCUT2D eigenvalue weighted by molar-refractivity contribution is 7.83. The average Bonchev–Trinajstić information content (AvgIpc) is 3.20. The summed E-state index contributed by atoms with van der Waals surface area (Å²) < 4.78 is 27.3. The van der Waals surface area contributed by atoms with Gasteiger partial charge in [-0.05, 0) is 18.2 Å². The molecule has 3 unspecified atom stereocenters. The summed E-state index contributed by atoms with van der Waals surface area (Å²) in [5, 5.41) is 7.85. The zero-order valence-corrected chi connectivity index (χ0v) is 20.6. The predicted octanol–water partition coefficient (Wildman–Crippen LogP) is 1.77. The zero-order chi connectivity index (χ0) is 23.4. The van der Waals surface area contributed by atoms with E-state index in [0.717, 1.165) is 17.3 Å². The Morgan fingerprint density at radius 1 is 1.28 bits per heavy atom. The Morgan fingerprint density at radius 2 is 1.94 bits per heavy atom. The molecule has 0 aliphatic carbocycles. The summed E-state index contributed by atoms with van der Waals surface area (Å²) in [5.41, 5.74) is 0.229. The van der Waals surface area contributed by atoms with Gasteiger partial charge in [0.05, 0.1) is 38.9 Å². The number of ether oxygens (including phenoxy) is 1. The number of carbonyl (C=O) groups excluding carboxylic acids is 2. The number of hydrogen-bond acceptors (Lipinski definition) is 6. The number of imide groups is 1. The molecule has 0 radical (unpaired) electrons. The van der Waals surface area contributed by atoms with E-state index in [4.69, 9.17) is 20.5 Å². The first-order valence-electron chi connectivity index (χ1n) is 11.3. The maximum absolute atomic E-state index is 13.0. The second kappa shape index (κ2) is 11.0. The van der Waals surface area contributed by atoms with E-state index in [9.17, 15) is 14.2 Å². The number of rotatable bonds is 7. The number of likely N-dealkylation sites (tertiary alicyclic amines) is 1. The topological polar surface area (TPSA) is 109 Å². The van der Waals surface area contributed by atoms with Crippen molar-refractivity contribution in [3.8, 4) is 0 Å². The van der Waals surface area contributed by atoms with Gasteiger partial charge in [0, 0.05) is 57.4 Å². The molecule has 0 aromatic rings. The van der Waals surface area contributed by atoms with Gasteiger partial charge in [-0.1, -0.05) is 6.58 Å². The van der Waals surface area contributed by atoms with E-state index < -0.39 is 31.1 Å². The number of piperidine rings is 1. The second-order valence-corrected chi connectivity index (χ2v) is 12.2. The van der Waals surface area contributed by atoms with E-state index in [-0.39, 0.29) is 12.2 Å². The third kappa shape index (κ3) is 6.76. The summed E-state index contributed by atoms with van der Waals surface area (Å²) in [6.45, 7) is 6.17. The molecule has 3 fully saturated rings. The predicted molar refractivity (Wildman–Crippen MR) is 122 cm³/mol. The fourth-order valence-corrected chi connectivity index (χ4v) is 6.52. The second-order valence-electron chi connectivity index (χ2n) is 9.18. The van der Waals surface area contributed by atoms with Crippen LogP contribution in [0.25, 0.3) is 0 Å². The lowest BCUT2D eigenvalue weighted by molar-refractivity contribution is -0.923. The maximum atomic E-state index is 13.0. The van der Waals surface area contributed by atoms with E-state index in [1.807, 2.05) is 0 Å². The fraction of sp³-hybridized carbons (Fsp3) is 0.800. The number of morpholine rings is 1. The first kappa shape index (κ1) is 25.6. The van der Waals surface area contributed by atoms with E-state index in [2.05, 4.69) is 29.6 Å². The van der Waals surface area contributed by atoms with Crippen molar-refractivity contribution in [3.05, 3.63) is 12.2 Å². The first-order chi connectivity index (χ1) is 15.1. The van der Waals surface area contributed by atoms with Crippen LogP contribution in [0.15, 0.2) is 12.2 Å². The van der Waals surface area contributed by atoms with Gasteiger partial charge >= 0.3 is 12.9 Å². The molecule has 0 aromatic carbocycles. The number of hydrogen-bond donors (Lipinski definition) is 3. The van der Waals surface area contributed by atoms with Gasteiger partial charge in [0.2, 0.25) is 0 Å². The molecule has 32 heavy (non-hydrogen) atoms. The molecule has 3 rings (SSSR count). The Balaban J connectivity index is 1.42. The molecule has 12 heteroatoms. The molecule has 10 nitrogen and oxygen atoms in total. The van der Waals surface area contributed by atoms with Gasteiger partial charge in [0.25, 0.3) is 5.91 Å². The highest BCUT2D eigenvalue weighted by Crippen LogP contribution is 2.57. The largest absolute Gasteiger partial charge is 0.363 e. The Kier molecular flexibility index (Phi) is 8.77. The lowest BCUT2D eigenvalue weighted by atomic mass is 10.0. The van der Waals surface area contributed by atoms with Crippen LogP contribution in [0.4, 0.5) is 4.79 Å². The minimum absolute atomic E-state index is 0.0337. The summed E-state index contributed by atoms with van der Waals surface area (Å²) in [7, 11) is 2.33. The molecule has 0 saturated carbocycles. The quantitative estimate of drug-likeness (QED) is 0.282. The van der Waals surface area contributed by atoms with Crippen LogP contribution in [-0.2, 0) is 18.6 Å². The van der Waals surface area contributed by atoms with Crippen LogP contribution in [-0.4, -0.2) is 92.4 Å². The molecule has 3 aliphatic heterocycles. The number of nitrogens with one attached hydrogen (secondary N) is 3. The summed E-state index contributed by atoms with van der Waals surface area (Å²) in [6.07, 6.45) is 3.38. The van der Waals surface area contributed by atoms with Crippen LogP contribution >= 0.6 is 18.1 Å². The van der Waals surface area contributed by atoms with Gasteiger partial charge in [0.15, 0.2) is 0 Å². The molecule has 3 N–H and O–H groups in total. The SMILES string of the molecule is C=C(C)C(=O)NC(=O)NC1CNCC(COP(=O)(Cl)N2CCC([N+]3(C)CCCC3)CC2)O1. The molecular weight excluding hydrogens is 457 g/mol. The average molecular weight is 493 g/mol. The van der Waals surface area contributed by atoms with Gasteiger partial charge in [-0.15, -0.1) is 0 Å². The highest BCUT2D eigenvalue weighted by atomic mass is 35.7. The van der Waals surface area contributed by atoms with Gasteiger partial charge < -0.3 is 24.4 Å². The number of nitrogens with zero attached hydrogens (tertiary/aromatic N) is 2. The number of carbonyl (C=O) groups is 2. The third-order valence-electron chi connectivity index (χ3n) is 6.63. The fourth-order valence-electron chi connectivity index (χ4n) is 4.67. The summed E-state index contributed by atoms with van der Waals surface area (Å²) in [5.74, 6) is -0.557. The van der Waals surface area contributed by atoms with Crippen LogP contribution in [0, 0.1) is 0 Å². The molecule has 3 saturated heterocycles. The van der Waals surface area contributed by atoms with Gasteiger partial charge in [-0.25, -0.2) is 9.46 Å². The molecule has 182 valence electrons. The van der Waals surface area contributed by atoms with Crippen molar-refractivity contribution < 1.29 is 27.9 Å². The van der Waals surface area contributed by atoms with Crippen molar-refractivity contribution in [2.75, 3.05) is 52.9 Å². The molecular formula is C20H36ClN5O5P+. The van der Waals surface area contributed by atoms with Crippen molar-refractivity contribution in [3.63, 3.8) is 0 Å². The Bertz CT molecular complexity index is 755. The van der Waals surface area contributed by atoms with Crippen LogP contribution < -0.4 is 16.0 Å². The maximum Gasteiger partial charge on any atom is 0.363 e. The van der Waals surface area contributed by atoms with Crippen molar-refractivity contribution >= 4 is 30.1 Å². The Hall–Kier alpha value is -1.00. The number of amides is 3. The van der Waals surface area contributed by atoms with Crippen molar-refractivity contribution in [2.45, 2.75) is 51.0 Å². The lowest BCUT2D eigenvalue weighted by Crippen LogP contribution is -2.56. The molecule has 3 aliphatic rings. The van der Waals surface area contributed by atoms with Crippen molar-refractivity contribution in [1.29, 1.82) is 0 Å². The lowest BCUT2D eigenvalue weighted by Gasteiger charge is -2.43. The van der Waals surface area contributed by atoms with Crippen molar-refractivity contribution in [1.82, 2.24) is 20.6 Å². The molecule has 0 bridgehead atoms. The Morgan fingerprint density at radius 3 is 2.56 bits per heavy atom. The van der Waals surface area contributed by atoms with Gasteiger partial charge in [0.1, 0.15) is 6.23 Å². The monoisotopic (exact) mass is 492 g/mol. The normalized spacial score (nSPS) is 28.6. The molecule has 0 aromatic heterocycles. The molecule has 0 spiro atoms. The number of halogens is 1. The summed E-state index contributed by atoms with van der Waals surface area (Å²) >= 11 is 6.34. The smallest absolute Gasteiger partial charge is 0.350 e. The number of quaternary nitrogens is 1. The summed E-state index contributed by atoms with van der Waals surface area (Å²) in [6, 6.07) is -0.0855. The molecule has 3 atom stereocenters. The highest BCUT2D eigenvalue weighted by Gasteiger charge is 2.41.